The topological polar surface area (TPSA) is 30.9 Å². The molecule has 0 unspecified atom stereocenters. The van der Waals surface area contributed by atoms with Gasteiger partial charge in [-0.05, 0) is 89.2 Å². The van der Waals surface area contributed by atoms with Crippen molar-refractivity contribution in [2.75, 3.05) is 18.1 Å². The number of ether oxygens (including phenoxy) is 3. The normalized spacial score (nSPS) is 17.0. The van der Waals surface area contributed by atoms with Crippen LogP contribution in [0.1, 0.15) is 48.9 Å². The minimum atomic E-state index is -0.107. The van der Waals surface area contributed by atoms with E-state index in [1.165, 1.54) is 33.6 Å². The number of aryl methyl sites for hydroxylation is 2. The van der Waals surface area contributed by atoms with E-state index in [2.05, 4.69) is 116 Å². The Balaban J connectivity index is 1.26. The van der Waals surface area contributed by atoms with Crippen LogP contribution in [0.15, 0.2) is 97.1 Å². The third kappa shape index (κ3) is 3.71. The van der Waals surface area contributed by atoms with Crippen LogP contribution < -0.4 is 35.5 Å². The highest BCUT2D eigenvalue weighted by Crippen LogP contribution is 2.52. The van der Waals surface area contributed by atoms with Gasteiger partial charge in [0.2, 0.25) is 0 Å². The van der Waals surface area contributed by atoms with Gasteiger partial charge in [-0.3, -0.25) is 0 Å². The molecule has 0 N–H and O–H groups in total. The van der Waals surface area contributed by atoms with Gasteiger partial charge in [-0.2, -0.15) is 0 Å². The van der Waals surface area contributed by atoms with Gasteiger partial charge >= 0.3 is 0 Å². The summed E-state index contributed by atoms with van der Waals surface area (Å²) in [6.07, 6.45) is 4.17. The number of hydrogen-bond donors (Lipinski definition) is 0. The van der Waals surface area contributed by atoms with Gasteiger partial charge in [-0.25, -0.2) is 0 Å². The molecule has 9 rings (SSSR count). The molecule has 0 radical (unpaired) electrons. The van der Waals surface area contributed by atoms with E-state index < -0.39 is 0 Å². The molecule has 0 aromatic heterocycles. The fraction of sp³-hybridized carbons (Fsp3) is 0.231. The molecule has 5 heteroatoms. The predicted molar refractivity (Wildman–Crippen MR) is 178 cm³/mol. The van der Waals surface area contributed by atoms with Gasteiger partial charge in [-0.15, -0.1) is 0 Å². The van der Waals surface area contributed by atoms with Gasteiger partial charge < -0.3 is 19.1 Å². The first-order valence-electron chi connectivity index (χ1n) is 15.9. The lowest BCUT2D eigenvalue weighted by Crippen LogP contribution is -2.56. The molecule has 0 saturated carbocycles. The van der Waals surface area contributed by atoms with Crippen molar-refractivity contribution in [1.29, 1.82) is 0 Å². The Labute approximate surface area is 259 Å². The molecule has 44 heavy (non-hydrogen) atoms. The van der Waals surface area contributed by atoms with Gasteiger partial charge in [-0.1, -0.05) is 74.5 Å². The minimum Gasteiger partial charge on any atom is -0.494 e. The number of para-hydroxylation sites is 3. The molecule has 0 amide bonds. The molecule has 4 nitrogen and oxygen atoms in total. The number of nitrogens with zero attached hydrogens (tertiary/aromatic N) is 1. The summed E-state index contributed by atoms with van der Waals surface area (Å²) in [5.41, 5.74) is 12.1. The van der Waals surface area contributed by atoms with Crippen molar-refractivity contribution >= 4 is 40.2 Å². The van der Waals surface area contributed by atoms with E-state index in [1.54, 1.807) is 0 Å². The molecule has 0 bridgehead atoms. The van der Waals surface area contributed by atoms with E-state index in [0.29, 0.717) is 0 Å². The number of hydrogen-bond acceptors (Lipinski definition) is 4. The van der Waals surface area contributed by atoms with Crippen LogP contribution >= 0.6 is 0 Å². The minimum absolute atomic E-state index is 0.0521. The number of benzene rings is 5. The second-order valence-corrected chi connectivity index (χ2v) is 13.0. The maximum Gasteiger partial charge on any atom is 0.260 e. The predicted octanol–water partition coefficient (Wildman–Crippen LogP) is 7.07. The highest BCUT2D eigenvalue weighted by atomic mass is 16.5. The zero-order valence-corrected chi connectivity index (χ0v) is 25.2. The molecule has 4 aliphatic rings. The van der Waals surface area contributed by atoms with Crippen LogP contribution in [0, 0.1) is 0 Å². The highest BCUT2D eigenvalue weighted by molar-refractivity contribution is 6.98. The number of fused-ring (bicyclic) bond motifs is 6. The van der Waals surface area contributed by atoms with E-state index in [4.69, 9.17) is 14.2 Å². The molecular weight excluding hydrogens is 541 g/mol. The zero-order valence-electron chi connectivity index (χ0n) is 25.2. The van der Waals surface area contributed by atoms with Crippen LogP contribution in [0.5, 0.6) is 23.0 Å². The molecule has 216 valence electrons. The first kappa shape index (κ1) is 25.8. The van der Waals surface area contributed by atoms with Crippen molar-refractivity contribution in [2.45, 2.75) is 44.9 Å². The fourth-order valence-corrected chi connectivity index (χ4v) is 7.98. The molecule has 0 fully saturated rings. The second-order valence-electron chi connectivity index (χ2n) is 13.0. The van der Waals surface area contributed by atoms with Crippen molar-refractivity contribution in [2.24, 2.45) is 0 Å². The van der Waals surface area contributed by atoms with E-state index in [9.17, 15) is 0 Å². The van der Waals surface area contributed by atoms with E-state index in [0.717, 1.165) is 84.0 Å². The van der Waals surface area contributed by atoms with Crippen molar-refractivity contribution < 1.29 is 14.2 Å². The monoisotopic (exact) mass is 575 g/mol. The van der Waals surface area contributed by atoms with Crippen molar-refractivity contribution in [3.8, 4) is 23.0 Å². The van der Waals surface area contributed by atoms with Crippen molar-refractivity contribution in [1.82, 2.24) is 0 Å². The molecule has 0 atom stereocenters. The second kappa shape index (κ2) is 9.69. The average molecular weight is 576 g/mol. The standard InChI is InChI=1S/C39H34BNO3/c1-39(2)28-13-3-6-16-32(28)41(33-17-7-4-14-29(33)39)27-19-20-31-35(24-27)44-34-18-8-5-15-30(34)40(31)36-37-25(11-9-21-42-37)23-26-12-10-22-43-38(26)36/h3-8,13-20,23-24H,9-12,21-22H2,1-2H3. The van der Waals surface area contributed by atoms with E-state index in [-0.39, 0.29) is 12.1 Å². The molecule has 5 aromatic rings. The number of anilines is 3. The summed E-state index contributed by atoms with van der Waals surface area (Å²) >= 11 is 0. The lowest BCUT2D eigenvalue weighted by molar-refractivity contribution is 0.274. The van der Waals surface area contributed by atoms with Gasteiger partial charge in [0.05, 0.1) is 24.6 Å². The first-order valence-corrected chi connectivity index (χ1v) is 15.9. The van der Waals surface area contributed by atoms with Crippen molar-refractivity contribution in [3.05, 3.63) is 119 Å². The Hall–Kier alpha value is -4.64. The molecular formula is C39H34BNO3. The van der Waals surface area contributed by atoms with Crippen LogP contribution in [0.3, 0.4) is 0 Å². The van der Waals surface area contributed by atoms with Crippen LogP contribution in [-0.4, -0.2) is 19.9 Å². The molecule has 0 spiro atoms. The Kier molecular flexibility index (Phi) is 5.69. The largest absolute Gasteiger partial charge is 0.494 e. The summed E-state index contributed by atoms with van der Waals surface area (Å²) in [5.74, 6) is 3.79. The van der Waals surface area contributed by atoms with E-state index >= 15 is 0 Å². The van der Waals surface area contributed by atoms with Crippen molar-refractivity contribution in [3.63, 3.8) is 0 Å². The lowest BCUT2D eigenvalue weighted by atomic mass is 9.35. The Morgan fingerprint density at radius 3 is 1.91 bits per heavy atom. The maximum atomic E-state index is 6.76. The van der Waals surface area contributed by atoms with E-state index in [1.807, 2.05) is 0 Å². The first-order chi connectivity index (χ1) is 21.6. The van der Waals surface area contributed by atoms with Gasteiger partial charge in [0, 0.05) is 22.6 Å². The SMILES string of the molecule is CC1(C)c2ccccc2N(c2ccc3c(c2)Oc2ccccc2B3c2c3c(cc4c2OCCC4)CCCO3)c2ccccc21. The summed E-state index contributed by atoms with van der Waals surface area (Å²) in [5, 5.41) is 0. The number of rotatable bonds is 2. The zero-order chi connectivity index (χ0) is 29.4. The van der Waals surface area contributed by atoms with Crippen LogP contribution in [0.25, 0.3) is 0 Å². The Morgan fingerprint density at radius 2 is 1.23 bits per heavy atom. The third-order valence-electron chi connectivity index (χ3n) is 10.0. The van der Waals surface area contributed by atoms with Gasteiger partial charge in [0.25, 0.3) is 6.71 Å². The lowest BCUT2D eigenvalue weighted by Gasteiger charge is -2.42. The van der Waals surface area contributed by atoms with Crippen LogP contribution in [0.4, 0.5) is 17.1 Å². The molecule has 5 aromatic carbocycles. The smallest absolute Gasteiger partial charge is 0.260 e. The van der Waals surface area contributed by atoms with Crippen LogP contribution in [0.2, 0.25) is 0 Å². The maximum absolute atomic E-state index is 6.76. The summed E-state index contributed by atoms with van der Waals surface area (Å²) < 4.78 is 19.7. The third-order valence-corrected chi connectivity index (χ3v) is 10.0. The molecule has 0 aliphatic carbocycles. The molecule has 4 aliphatic heterocycles. The average Bonchev–Trinajstić information content (AvgIpc) is 3.06. The summed E-state index contributed by atoms with van der Waals surface area (Å²) in [6.45, 7) is 6.07. The molecule has 4 heterocycles. The van der Waals surface area contributed by atoms with Gasteiger partial charge in [0.15, 0.2) is 0 Å². The Morgan fingerprint density at radius 1 is 0.636 bits per heavy atom. The van der Waals surface area contributed by atoms with Gasteiger partial charge in [0.1, 0.15) is 23.0 Å². The summed E-state index contributed by atoms with van der Waals surface area (Å²) in [4.78, 5) is 2.40. The summed E-state index contributed by atoms with van der Waals surface area (Å²) in [7, 11) is 0. The Bertz CT molecular complexity index is 1880. The highest BCUT2D eigenvalue weighted by Gasteiger charge is 2.41. The van der Waals surface area contributed by atoms with Crippen LogP contribution in [-0.2, 0) is 18.3 Å². The summed E-state index contributed by atoms with van der Waals surface area (Å²) in [6, 6.07) is 35.2. The molecule has 0 saturated heterocycles. The fourth-order valence-electron chi connectivity index (χ4n) is 7.98. The quantitative estimate of drug-likeness (QED) is 0.207.